The van der Waals surface area contributed by atoms with Crippen molar-refractivity contribution in [2.45, 2.75) is 6.92 Å². The Bertz CT molecular complexity index is 1000. The molecule has 1 heterocycles. The van der Waals surface area contributed by atoms with Gasteiger partial charge in [-0.3, -0.25) is 24.1 Å². The molecule has 3 rings (SSSR count). The summed E-state index contributed by atoms with van der Waals surface area (Å²) in [4.78, 5) is 49.5. The van der Waals surface area contributed by atoms with Crippen molar-refractivity contribution in [2.24, 2.45) is 0 Å². The lowest BCUT2D eigenvalue weighted by Gasteiger charge is -2.12. The first-order valence-electron chi connectivity index (χ1n) is 8.50. The molecule has 1 saturated heterocycles. The third kappa shape index (κ3) is 5.46. The first kappa shape index (κ1) is 20.6. The molecule has 0 aliphatic carbocycles. The Morgan fingerprint density at radius 1 is 1.00 bits per heavy atom. The molecule has 1 aliphatic heterocycles. The van der Waals surface area contributed by atoms with Crippen molar-refractivity contribution >= 4 is 57.7 Å². The van der Waals surface area contributed by atoms with Gasteiger partial charge in [-0.2, -0.15) is 0 Å². The van der Waals surface area contributed by atoms with E-state index in [1.54, 1.807) is 36.4 Å². The van der Waals surface area contributed by atoms with Crippen LogP contribution in [0, 0.1) is 6.92 Å². The number of benzene rings is 2. The van der Waals surface area contributed by atoms with Crippen molar-refractivity contribution in [2.75, 3.05) is 17.2 Å². The van der Waals surface area contributed by atoms with Crippen molar-refractivity contribution in [3.05, 3.63) is 70.1 Å². The number of nitrogens with one attached hydrogen (secondary N) is 2. The molecule has 0 saturated carbocycles. The van der Waals surface area contributed by atoms with Crippen LogP contribution in [-0.4, -0.2) is 34.4 Å². The van der Waals surface area contributed by atoms with Crippen LogP contribution in [0.25, 0.3) is 0 Å². The number of amides is 4. The summed E-state index contributed by atoms with van der Waals surface area (Å²) in [5.74, 6) is -1.77. The molecule has 148 valence electrons. The number of thioether (sulfide) groups is 1. The maximum atomic E-state index is 12.4. The van der Waals surface area contributed by atoms with Crippen LogP contribution < -0.4 is 10.6 Å². The van der Waals surface area contributed by atoms with E-state index in [2.05, 4.69) is 10.6 Å². The van der Waals surface area contributed by atoms with Crippen LogP contribution in [0.1, 0.15) is 5.56 Å². The number of halogens is 1. The second-order valence-corrected chi connectivity index (χ2v) is 7.61. The summed E-state index contributed by atoms with van der Waals surface area (Å²) < 4.78 is 0. The average molecular weight is 430 g/mol. The van der Waals surface area contributed by atoms with Gasteiger partial charge in [-0.05, 0) is 55.1 Å². The SMILES string of the molecule is Cc1ccc(NC(=O)CN2C(=O)S/C(=C\C(=O)Nc3ccc(Cl)cc3)C2=O)cc1. The highest BCUT2D eigenvalue weighted by atomic mass is 35.5. The minimum Gasteiger partial charge on any atom is -0.325 e. The normalized spacial score (nSPS) is 15.0. The molecule has 1 aliphatic rings. The Morgan fingerprint density at radius 3 is 2.24 bits per heavy atom. The van der Waals surface area contributed by atoms with Crippen LogP contribution in [0.15, 0.2) is 59.5 Å². The second kappa shape index (κ2) is 8.93. The Labute approximate surface area is 176 Å². The zero-order valence-electron chi connectivity index (χ0n) is 15.3. The summed E-state index contributed by atoms with van der Waals surface area (Å²) in [5, 5.41) is 5.11. The summed E-state index contributed by atoms with van der Waals surface area (Å²) in [6, 6.07) is 13.5. The fourth-order valence-electron chi connectivity index (χ4n) is 2.45. The molecule has 4 amide bonds. The van der Waals surface area contributed by atoms with Crippen LogP contribution in [0.3, 0.4) is 0 Å². The molecule has 2 aromatic carbocycles. The van der Waals surface area contributed by atoms with E-state index in [-0.39, 0.29) is 4.91 Å². The molecule has 9 heteroatoms. The third-order valence-electron chi connectivity index (χ3n) is 3.88. The van der Waals surface area contributed by atoms with E-state index in [0.717, 1.165) is 16.5 Å². The first-order valence-corrected chi connectivity index (χ1v) is 9.70. The van der Waals surface area contributed by atoms with Crippen LogP contribution >= 0.6 is 23.4 Å². The van der Waals surface area contributed by atoms with Gasteiger partial charge in [-0.15, -0.1) is 0 Å². The standard InChI is InChI=1S/C20H16ClN3O4S/c1-12-2-6-14(7-3-12)23-18(26)11-24-19(27)16(29-20(24)28)10-17(25)22-15-8-4-13(21)5-9-15/h2-10H,11H2,1H3,(H,22,25)(H,23,26)/b16-10-. The van der Waals surface area contributed by atoms with E-state index in [4.69, 9.17) is 11.6 Å². The molecule has 0 radical (unpaired) electrons. The average Bonchev–Trinajstić information content (AvgIpc) is 2.93. The van der Waals surface area contributed by atoms with E-state index >= 15 is 0 Å². The highest BCUT2D eigenvalue weighted by Gasteiger charge is 2.36. The molecule has 0 aromatic heterocycles. The minimum absolute atomic E-state index is 0.0513. The number of rotatable bonds is 5. The Kier molecular flexibility index (Phi) is 6.36. The largest absolute Gasteiger partial charge is 0.325 e. The first-order chi connectivity index (χ1) is 13.8. The van der Waals surface area contributed by atoms with Gasteiger partial charge in [0.1, 0.15) is 6.54 Å². The fraction of sp³-hybridized carbons (Fsp3) is 0.100. The van der Waals surface area contributed by atoms with Gasteiger partial charge in [-0.25, -0.2) is 0 Å². The van der Waals surface area contributed by atoms with Gasteiger partial charge < -0.3 is 10.6 Å². The number of nitrogens with zero attached hydrogens (tertiary/aromatic N) is 1. The lowest BCUT2D eigenvalue weighted by atomic mass is 10.2. The van der Waals surface area contributed by atoms with Gasteiger partial charge in [0, 0.05) is 22.5 Å². The number of imide groups is 1. The summed E-state index contributed by atoms with van der Waals surface area (Å²) in [7, 11) is 0. The molecule has 0 spiro atoms. The Morgan fingerprint density at radius 2 is 1.59 bits per heavy atom. The predicted octanol–water partition coefficient (Wildman–Crippen LogP) is 3.80. The monoisotopic (exact) mass is 429 g/mol. The molecule has 0 unspecified atom stereocenters. The van der Waals surface area contributed by atoms with Crippen molar-refractivity contribution in [3.63, 3.8) is 0 Å². The van der Waals surface area contributed by atoms with Crippen LogP contribution in [0.5, 0.6) is 0 Å². The predicted molar refractivity (Wildman–Crippen MR) is 113 cm³/mol. The maximum absolute atomic E-state index is 12.4. The highest BCUT2D eigenvalue weighted by Crippen LogP contribution is 2.30. The molecule has 1 fully saturated rings. The summed E-state index contributed by atoms with van der Waals surface area (Å²) in [6.07, 6.45) is 1.04. The lowest BCUT2D eigenvalue weighted by molar-refractivity contribution is -0.127. The second-order valence-electron chi connectivity index (χ2n) is 6.18. The zero-order valence-corrected chi connectivity index (χ0v) is 16.8. The zero-order chi connectivity index (χ0) is 21.0. The van der Waals surface area contributed by atoms with Crippen molar-refractivity contribution in [1.29, 1.82) is 0 Å². The van der Waals surface area contributed by atoms with Gasteiger partial charge in [0.2, 0.25) is 11.8 Å². The van der Waals surface area contributed by atoms with E-state index in [1.165, 1.54) is 0 Å². The maximum Gasteiger partial charge on any atom is 0.294 e. The molecular weight excluding hydrogens is 414 g/mol. The Balaban J connectivity index is 1.61. The molecule has 0 atom stereocenters. The molecule has 2 aromatic rings. The Hall–Kier alpha value is -3.10. The van der Waals surface area contributed by atoms with E-state index in [1.807, 2.05) is 19.1 Å². The van der Waals surface area contributed by atoms with Gasteiger partial charge in [0.15, 0.2) is 0 Å². The topological polar surface area (TPSA) is 95.6 Å². The van der Waals surface area contributed by atoms with Crippen LogP contribution in [0.4, 0.5) is 16.2 Å². The number of anilines is 2. The molecular formula is C20H16ClN3O4S. The molecule has 0 bridgehead atoms. The van der Waals surface area contributed by atoms with Crippen LogP contribution in [0.2, 0.25) is 5.02 Å². The number of hydrogen-bond acceptors (Lipinski definition) is 5. The van der Waals surface area contributed by atoms with Crippen molar-refractivity contribution < 1.29 is 19.2 Å². The van der Waals surface area contributed by atoms with Gasteiger partial charge in [0.25, 0.3) is 11.1 Å². The molecule has 29 heavy (non-hydrogen) atoms. The smallest absolute Gasteiger partial charge is 0.294 e. The fourth-order valence-corrected chi connectivity index (χ4v) is 3.38. The summed E-state index contributed by atoms with van der Waals surface area (Å²) >= 11 is 6.40. The molecule has 2 N–H and O–H groups in total. The van der Waals surface area contributed by atoms with Crippen molar-refractivity contribution in [1.82, 2.24) is 4.90 Å². The highest BCUT2D eigenvalue weighted by molar-refractivity contribution is 8.18. The minimum atomic E-state index is -0.690. The van der Waals surface area contributed by atoms with Gasteiger partial charge in [0.05, 0.1) is 4.91 Å². The molecule has 7 nitrogen and oxygen atoms in total. The quantitative estimate of drug-likeness (QED) is 0.705. The number of hydrogen-bond donors (Lipinski definition) is 2. The van der Waals surface area contributed by atoms with E-state index < -0.39 is 29.5 Å². The van der Waals surface area contributed by atoms with E-state index in [9.17, 15) is 19.2 Å². The van der Waals surface area contributed by atoms with Crippen molar-refractivity contribution in [3.8, 4) is 0 Å². The lowest BCUT2D eigenvalue weighted by Crippen LogP contribution is -2.36. The van der Waals surface area contributed by atoms with Gasteiger partial charge in [-0.1, -0.05) is 29.3 Å². The van der Waals surface area contributed by atoms with Gasteiger partial charge >= 0.3 is 0 Å². The van der Waals surface area contributed by atoms with Crippen LogP contribution in [-0.2, 0) is 14.4 Å². The summed E-state index contributed by atoms with van der Waals surface area (Å²) in [5.41, 5.74) is 2.09. The number of carbonyl (C=O) groups excluding carboxylic acids is 4. The third-order valence-corrected chi connectivity index (χ3v) is 5.04. The van der Waals surface area contributed by atoms with E-state index in [0.29, 0.717) is 28.2 Å². The number of aryl methyl sites for hydroxylation is 1. The summed E-state index contributed by atoms with van der Waals surface area (Å²) in [6.45, 7) is 1.48. The number of carbonyl (C=O) groups is 4.